The molecule has 12 nitrogen and oxygen atoms in total. The fourth-order valence-corrected chi connectivity index (χ4v) is 4.54. The van der Waals surface area contributed by atoms with Crippen LogP contribution in [0.5, 0.6) is 5.75 Å². The minimum absolute atomic E-state index is 0.0601. The lowest BCUT2D eigenvalue weighted by Crippen LogP contribution is -2.45. The topological polar surface area (TPSA) is 178 Å². The highest BCUT2D eigenvalue weighted by atomic mass is 32.1. The van der Waals surface area contributed by atoms with Gasteiger partial charge < -0.3 is 30.6 Å². The predicted molar refractivity (Wildman–Crippen MR) is 151 cm³/mol. The Morgan fingerprint density at radius 2 is 1.63 bits per heavy atom. The first-order valence-corrected chi connectivity index (χ1v) is 12.4. The van der Waals surface area contributed by atoms with E-state index in [1.54, 1.807) is 24.3 Å². The molecule has 0 fully saturated rings. The van der Waals surface area contributed by atoms with Crippen molar-refractivity contribution in [3.05, 3.63) is 82.5 Å². The number of phenolic OH excluding ortho intramolecular Hbond substituents is 1. The van der Waals surface area contributed by atoms with Crippen LogP contribution >= 0.6 is 12.2 Å². The molecule has 0 unspecified atom stereocenters. The van der Waals surface area contributed by atoms with Crippen LogP contribution in [-0.2, 0) is 14.4 Å². The van der Waals surface area contributed by atoms with Gasteiger partial charge in [0, 0.05) is 46.5 Å². The van der Waals surface area contributed by atoms with E-state index in [4.69, 9.17) is 16.6 Å². The molecular formula is C28H20N4O8S. The van der Waals surface area contributed by atoms with Gasteiger partial charge >= 0.3 is 5.97 Å². The molecule has 0 aromatic heterocycles. The van der Waals surface area contributed by atoms with Gasteiger partial charge in [0.1, 0.15) is 23.6 Å². The third kappa shape index (κ3) is 5.60. The van der Waals surface area contributed by atoms with Crippen LogP contribution in [0, 0.1) is 0 Å². The molecule has 0 atom stereocenters. The molecule has 1 aliphatic carbocycles. The number of carbonyl (C=O) groups is 4. The van der Waals surface area contributed by atoms with Gasteiger partial charge in [-0.05, 0) is 54.2 Å². The Bertz CT molecular complexity index is 1810. The van der Waals surface area contributed by atoms with Gasteiger partial charge in [-0.15, -0.1) is 0 Å². The summed E-state index contributed by atoms with van der Waals surface area (Å²) in [5.74, 6) is -2.80. The smallest absolute Gasteiger partial charge is 0.336 e. The number of hydrogen-bond acceptors (Lipinski definition) is 8. The number of nitrogens with one attached hydrogen (secondary N) is 3. The molecule has 3 amide bonds. The molecule has 0 radical (unpaired) electrons. The lowest BCUT2D eigenvalue weighted by atomic mass is 9.90. The second-order valence-corrected chi connectivity index (χ2v) is 9.29. The van der Waals surface area contributed by atoms with Crippen LogP contribution in [0.4, 0.5) is 5.69 Å². The molecule has 41 heavy (non-hydrogen) atoms. The van der Waals surface area contributed by atoms with Crippen molar-refractivity contribution in [2.75, 3.05) is 18.5 Å². The van der Waals surface area contributed by atoms with Crippen molar-refractivity contribution in [1.29, 1.82) is 0 Å². The number of carbonyl (C=O) groups excluding carboxylic acids is 3. The summed E-state index contributed by atoms with van der Waals surface area (Å²) in [6, 6.07) is 13.2. The van der Waals surface area contributed by atoms with Crippen molar-refractivity contribution in [2.45, 2.75) is 0 Å². The highest BCUT2D eigenvalue weighted by Crippen LogP contribution is 2.42. The SMILES string of the molecule is O=C(CN1C(=O)C=CC1=O)NCNC(=S)Nc1ccc(-c2c3ccc(=O)cc-3oc3cc(O)ccc23)c(C(=O)O)c1. The lowest BCUT2D eigenvalue weighted by molar-refractivity contribution is -0.141. The highest BCUT2D eigenvalue weighted by molar-refractivity contribution is 7.80. The Morgan fingerprint density at radius 1 is 0.902 bits per heavy atom. The van der Waals surface area contributed by atoms with Crippen molar-refractivity contribution in [3.8, 4) is 28.2 Å². The van der Waals surface area contributed by atoms with E-state index in [-0.39, 0.29) is 39.9 Å². The quantitative estimate of drug-likeness (QED) is 0.0949. The molecule has 0 bridgehead atoms. The zero-order chi connectivity index (χ0) is 29.3. The zero-order valence-electron chi connectivity index (χ0n) is 21.0. The van der Waals surface area contributed by atoms with Crippen LogP contribution in [0.25, 0.3) is 33.4 Å². The molecule has 5 N–H and O–H groups in total. The Hall–Kier alpha value is -5.56. The van der Waals surface area contributed by atoms with Gasteiger partial charge in [0.15, 0.2) is 10.5 Å². The second kappa shape index (κ2) is 10.9. The summed E-state index contributed by atoms with van der Waals surface area (Å²) in [7, 11) is 0. The van der Waals surface area contributed by atoms with Gasteiger partial charge in [0.25, 0.3) is 11.8 Å². The number of aromatic hydroxyl groups is 1. The molecule has 0 saturated heterocycles. The summed E-state index contributed by atoms with van der Waals surface area (Å²) < 4.78 is 5.83. The van der Waals surface area contributed by atoms with E-state index < -0.39 is 30.2 Å². The number of amides is 3. The maximum atomic E-state index is 12.4. The minimum atomic E-state index is -1.23. The molecule has 0 spiro atoms. The number of hydrogen-bond donors (Lipinski definition) is 5. The zero-order valence-corrected chi connectivity index (χ0v) is 21.8. The minimum Gasteiger partial charge on any atom is -0.508 e. The fraction of sp³-hybridized carbons (Fsp3) is 0.0714. The van der Waals surface area contributed by atoms with Gasteiger partial charge in [0.05, 0.1) is 12.2 Å². The number of benzene rings is 3. The summed E-state index contributed by atoms with van der Waals surface area (Å²) >= 11 is 5.24. The average molecular weight is 573 g/mol. The fourth-order valence-electron chi connectivity index (χ4n) is 4.35. The molecule has 13 heteroatoms. The molecule has 0 saturated carbocycles. The summed E-state index contributed by atoms with van der Waals surface area (Å²) in [4.78, 5) is 60.3. The number of thiocarbonyl (C=S) groups is 1. The van der Waals surface area contributed by atoms with Gasteiger partial charge in [-0.1, -0.05) is 6.07 Å². The number of rotatable bonds is 7. The third-order valence-corrected chi connectivity index (χ3v) is 6.44. The highest BCUT2D eigenvalue weighted by Gasteiger charge is 2.25. The van der Waals surface area contributed by atoms with Gasteiger partial charge in [0.2, 0.25) is 5.91 Å². The molecule has 2 aliphatic heterocycles. The maximum absolute atomic E-state index is 12.4. The molecular weight excluding hydrogens is 552 g/mol. The Labute approximate surface area is 236 Å². The molecule has 2 aromatic carbocycles. The third-order valence-electron chi connectivity index (χ3n) is 6.19. The summed E-state index contributed by atoms with van der Waals surface area (Å²) in [6.07, 6.45) is 2.16. The first kappa shape index (κ1) is 27.0. The van der Waals surface area contributed by atoms with E-state index in [1.165, 1.54) is 30.3 Å². The van der Waals surface area contributed by atoms with Crippen molar-refractivity contribution < 1.29 is 33.8 Å². The van der Waals surface area contributed by atoms with Crippen LogP contribution in [0.15, 0.2) is 76.0 Å². The molecule has 5 rings (SSSR count). The van der Waals surface area contributed by atoms with E-state index in [0.29, 0.717) is 27.8 Å². The monoisotopic (exact) mass is 572 g/mol. The van der Waals surface area contributed by atoms with Gasteiger partial charge in [-0.25, -0.2) is 4.79 Å². The van der Waals surface area contributed by atoms with E-state index in [1.807, 2.05) is 0 Å². The van der Waals surface area contributed by atoms with Gasteiger partial charge in [-0.3, -0.25) is 24.1 Å². The molecule has 206 valence electrons. The van der Waals surface area contributed by atoms with Crippen molar-refractivity contribution in [1.82, 2.24) is 15.5 Å². The van der Waals surface area contributed by atoms with Crippen LogP contribution in [0.3, 0.4) is 0 Å². The average Bonchev–Trinajstić information content (AvgIpc) is 3.23. The standard InChI is InChI=1S/C28H20N4O8S/c33-15-2-5-18-21(10-15)40-22-11-16(34)3-6-19(22)26(18)17-4-1-14(9-20(17)27(38)39)31-28(41)30-13-29-23(35)12-32-24(36)7-8-25(32)37/h1-11,33H,12-13H2,(H,29,35)(H,38,39)(H2,30,31,41). The summed E-state index contributed by atoms with van der Waals surface area (Å²) in [5.41, 5.74) is 1.57. The number of phenols is 1. The van der Waals surface area contributed by atoms with Crippen LogP contribution < -0.4 is 21.4 Å². The van der Waals surface area contributed by atoms with Crippen molar-refractivity contribution in [2.24, 2.45) is 0 Å². The normalized spacial score (nSPS) is 12.6. The Kier molecular flexibility index (Phi) is 7.18. The molecule has 2 heterocycles. The van der Waals surface area contributed by atoms with E-state index in [0.717, 1.165) is 17.1 Å². The van der Waals surface area contributed by atoms with E-state index in [2.05, 4.69) is 16.0 Å². The Morgan fingerprint density at radius 3 is 2.37 bits per heavy atom. The molecule has 2 aromatic rings. The number of fused-ring (bicyclic) bond motifs is 2. The molecule has 3 aliphatic rings. The Balaban J connectivity index is 1.36. The number of anilines is 1. The first-order chi connectivity index (χ1) is 19.6. The number of carboxylic acids is 1. The second-order valence-electron chi connectivity index (χ2n) is 8.88. The summed E-state index contributed by atoms with van der Waals surface area (Å²) in [6.45, 7) is -0.569. The van der Waals surface area contributed by atoms with Gasteiger partial charge in [-0.2, -0.15) is 0 Å². The number of nitrogens with zero attached hydrogens (tertiary/aromatic N) is 1. The predicted octanol–water partition coefficient (Wildman–Crippen LogP) is 2.25. The number of carboxylic acid groups (broad SMARTS) is 1. The van der Waals surface area contributed by atoms with Crippen LogP contribution in [0.2, 0.25) is 0 Å². The largest absolute Gasteiger partial charge is 0.508 e. The van der Waals surface area contributed by atoms with Crippen LogP contribution in [-0.4, -0.2) is 57.1 Å². The lowest BCUT2D eigenvalue weighted by Gasteiger charge is -2.18. The van der Waals surface area contributed by atoms with Crippen molar-refractivity contribution in [3.63, 3.8) is 0 Å². The summed E-state index contributed by atoms with van der Waals surface area (Å²) in [5, 5.41) is 28.7. The van der Waals surface area contributed by atoms with Crippen LogP contribution in [0.1, 0.15) is 10.4 Å². The van der Waals surface area contributed by atoms with Crippen molar-refractivity contribution >= 4 is 57.7 Å². The maximum Gasteiger partial charge on any atom is 0.336 e. The van der Waals surface area contributed by atoms with E-state index in [9.17, 15) is 34.2 Å². The number of imide groups is 1. The number of aromatic carboxylic acids is 1. The first-order valence-electron chi connectivity index (χ1n) is 12.0. The van der Waals surface area contributed by atoms with E-state index >= 15 is 0 Å².